The molecule has 1 atom stereocenters. The Labute approximate surface area is 136 Å². The van der Waals surface area contributed by atoms with Gasteiger partial charge in [-0.05, 0) is 31.0 Å². The van der Waals surface area contributed by atoms with Crippen molar-refractivity contribution in [2.45, 2.75) is 51.9 Å². The lowest BCUT2D eigenvalue weighted by molar-refractivity contribution is -0.143. The second-order valence-corrected chi connectivity index (χ2v) is 5.53. The van der Waals surface area contributed by atoms with Gasteiger partial charge in [0.1, 0.15) is 0 Å². The molecule has 136 valence electrons. The van der Waals surface area contributed by atoms with E-state index in [0.29, 0.717) is 25.0 Å². The van der Waals surface area contributed by atoms with Crippen molar-refractivity contribution in [2.75, 3.05) is 5.32 Å². The van der Waals surface area contributed by atoms with E-state index in [0.717, 1.165) is 12.8 Å². The number of alkyl halides is 6. The summed E-state index contributed by atoms with van der Waals surface area (Å²) in [5.74, 6) is -1.02. The third-order valence-electron chi connectivity index (χ3n) is 3.62. The van der Waals surface area contributed by atoms with E-state index in [-0.39, 0.29) is 6.07 Å². The molecule has 0 spiro atoms. The number of carbonyl (C=O) groups is 1. The zero-order valence-corrected chi connectivity index (χ0v) is 13.3. The summed E-state index contributed by atoms with van der Waals surface area (Å²) in [7, 11) is 0. The monoisotopic (exact) mass is 355 g/mol. The van der Waals surface area contributed by atoms with E-state index in [1.165, 1.54) is 0 Å². The molecule has 8 heteroatoms. The second-order valence-electron chi connectivity index (χ2n) is 5.53. The number of benzene rings is 1. The SMILES string of the molecule is CCCCC(CC)C(=O)Nc1cc(C(F)(F)F)cc(C(F)(F)F)c1. The fourth-order valence-electron chi connectivity index (χ4n) is 2.24. The standard InChI is InChI=1S/C16H19F6NO/c1-3-5-6-10(4-2)14(24)23-13-8-11(15(17,18)19)7-12(9-13)16(20,21)22/h7-10H,3-6H2,1-2H3,(H,23,24). The highest BCUT2D eigenvalue weighted by molar-refractivity contribution is 5.92. The van der Waals surface area contributed by atoms with Gasteiger partial charge < -0.3 is 5.32 Å². The van der Waals surface area contributed by atoms with Crippen LogP contribution in [0.25, 0.3) is 0 Å². The lowest BCUT2D eigenvalue weighted by Crippen LogP contribution is -2.23. The zero-order valence-electron chi connectivity index (χ0n) is 13.3. The first kappa shape index (κ1) is 20.3. The molecule has 2 nitrogen and oxygen atoms in total. The van der Waals surface area contributed by atoms with Crippen molar-refractivity contribution in [1.82, 2.24) is 0 Å². The van der Waals surface area contributed by atoms with Crippen molar-refractivity contribution in [2.24, 2.45) is 5.92 Å². The van der Waals surface area contributed by atoms with Crippen molar-refractivity contribution >= 4 is 11.6 Å². The van der Waals surface area contributed by atoms with Crippen LogP contribution in [0.5, 0.6) is 0 Å². The number of unbranched alkanes of at least 4 members (excludes halogenated alkanes) is 1. The summed E-state index contributed by atoms with van der Waals surface area (Å²) in [5.41, 5.74) is -3.40. The summed E-state index contributed by atoms with van der Waals surface area (Å²) < 4.78 is 76.7. The summed E-state index contributed by atoms with van der Waals surface area (Å²) >= 11 is 0. The van der Waals surface area contributed by atoms with Crippen LogP contribution >= 0.6 is 0 Å². The number of carbonyl (C=O) groups excluding carboxylic acids is 1. The highest BCUT2D eigenvalue weighted by Crippen LogP contribution is 2.37. The first-order chi connectivity index (χ1) is 11.0. The highest BCUT2D eigenvalue weighted by atomic mass is 19.4. The highest BCUT2D eigenvalue weighted by Gasteiger charge is 2.37. The van der Waals surface area contributed by atoms with Gasteiger partial charge in [-0.1, -0.05) is 26.7 Å². The number of halogens is 6. The lowest BCUT2D eigenvalue weighted by Gasteiger charge is -2.17. The summed E-state index contributed by atoms with van der Waals surface area (Å²) in [6.45, 7) is 3.67. The largest absolute Gasteiger partial charge is 0.416 e. The van der Waals surface area contributed by atoms with E-state index in [2.05, 4.69) is 5.32 Å². The first-order valence-electron chi connectivity index (χ1n) is 7.59. The molecule has 0 aromatic heterocycles. The molecule has 1 rings (SSSR count). The maximum atomic E-state index is 12.8. The molecule has 0 saturated carbocycles. The Morgan fingerprint density at radius 2 is 1.50 bits per heavy atom. The molecule has 1 aromatic rings. The van der Waals surface area contributed by atoms with E-state index in [9.17, 15) is 31.1 Å². The maximum absolute atomic E-state index is 12.8. The molecule has 1 aromatic carbocycles. The van der Waals surface area contributed by atoms with E-state index >= 15 is 0 Å². The van der Waals surface area contributed by atoms with Gasteiger partial charge >= 0.3 is 12.4 Å². The average molecular weight is 355 g/mol. The van der Waals surface area contributed by atoms with Crippen molar-refractivity contribution < 1.29 is 31.1 Å². The summed E-state index contributed by atoms with van der Waals surface area (Å²) in [6.07, 6.45) is -7.30. The number of amides is 1. The molecule has 0 aliphatic carbocycles. The molecular weight excluding hydrogens is 336 g/mol. The minimum Gasteiger partial charge on any atom is -0.326 e. The molecule has 1 N–H and O–H groups in total. The van der Waals surface area contributed by atoms with Gasteiger partial charge in [0.15, 0.2) is 0 Å². The molecule has 0 fully saturated rings. The third kappa shape index (κ3) is 5.72. The van der Waals surface area contributed by atoms with Gasteiger partial charge in [-0.2, -0.15) is 26.3 Å². The van der Waals surface area contributed by atoms with Gasteiger partial charge in [-0.25, -0.2) is 0 Å². The van der Waals surface area contributed by atoms with Crippen LogP contribution in [0.4, 0.5) is 32.0 Å². The molecule has 0 radical (unpaired) electrons. The van der Waals surface area contributed by atoms with Crippen molar-refractivity contribution in [3.63, 3.8) is 0 Å². The number of hydrogen-bond donors (Lipinski definition) is 1. The van der Waals surface area contributed by atoms with E-state index < -0.39 is 41.0 Å². The van der Waals surface area contributed by atoms with Crippen LogP contribution in [0, 0.1) is 5.92 Å². The van der Waals surface area contributed by atoms with Gasteiger partial charge in [0.25, 0.3) is 0 Å². The van der Waals surface area contributed by atoms with Crippen LogP contribution in [0.3, 0.4) is 0 Å². The quantitative estimate of drug-likeness (QED) is 0.635. The van der Waals surface area contributed by atoms with Crippen molar-refractivity contribution in [1.29, 1.82) is 0 Å². The number of hydrogen-bond acceptors (Lipinski definition) is 1. The number of anilines is 1. The average Bonchev–Trinajstić information content (AvgIpc) is 2.46. The summed E-state index contributed by atoms with van der Waals surface area (Å²) in [5, 5.41) is 2.19. The van der Waals surface area contributed by atoms with Gasteiger partial charge in [0, 0.05) is 11.6 Å². The van der Waals surface area contributed by atoms with E-state index in [4.69, 9.17) is 0 Å². The van der Waals surface area contributed by atoms with Crippen LogP contribution in [0.15, 0.2) is 18.2 Å². The Balaban J connectivity index is 3.12. The fraction of sp³-hybridized carbons (Fsp3) is 0.562. The minimum atomic E-state index is -4.94. The minimum absolute atomic E-state index is 0.0318. The van der Waals surface area contributed by atoms with E-state index in [1.807, 2.05) is 6.92 Å². The van der Waals surface area contributed by atoms with Gasteiger partial charge in [0.2, 0.25) is 5.91 Å². The Hall–Kier alpha value is -1.73. The summed E-state index contributed by atoms with van der Waals surface area (Å²) in [4.78, 5) is 12.1. The summed E-state index contributed by atoms with van der Waals surface area (Å²) in [6, 6.07) is 1.06. The Bertz CT molecular complexity index is 532. The van der Waals surface area contributed by atoms with Crippen molar-refractivity contribution in [3.8, 4) is 0 Å². The second kappa shape index (κ2) is 7.90. The van der Waals surface area contributed by atoms with Gasteiger partial charge in [-0.15, -0.1) is 0 Å². The topological polar surface area (TPSA) is 29.1 Å². The van der Waals surface area contributed by atoms with Gasteiger partial charge in [0.05, 0.1) is 11.1 Å². The van der Waals surface area contributed by atoms with E-state index in [1.54, 1.807) is 6.92 Å². The third-order valence-corrected chi connectivity index (χ3v) is 3.62. The lowest BCUT2D eigenvalue weighted by atomic mass is 9.98. The van der Waals surface area contributed by atoms with Crippen LogP contribution in [-0.2, 0) is 17.1 Å². The molecule has 0 bridgehead atoms. The molecule has 1 amide bonds. The predicted molar refractivity (Wildman–Crippen MR) is 78.4 cm³/mol. The van der Waals surface area contributed by atoms with Crippen LogP contribution < -0.4 is 5.32 Å². The Morgan fingerprint density at radius 3 is 1.88 bits per heavy atom. The van der Waals surface area contributed by atoms with Crippen LogP contribution in [0.1, 0.15) is 50.7 Å². The van der Waals surface area contributed by atoms with Crippen molar-refractivity contribution in [3.05, 3.63) is 29.3 Å². The molecule has 0 aliphatic heterocycles. The molecular formula is C16H19F6NO. The van der Waals surface area contributed by atoms with Gasteiger partial charge in [-0.3, -0.25) is 4.79 Å². The normalized spacial score (nSPS) is 13.7. The maximum Gasteiger partial charge on any atom is 0.416 e. The number of rotatable bonds is 6. The molecule has 0 heterocycles. The van der Waals surface area contributed by atoms with Crippen LogP contribution in [0.2, 0.25) is 0 Å². The zero-order chi connectivity index (χ0) is 18.5. The smallest absolute Gasteiger partial charge is 0.326 e. The molecule has 1 unspecified atom stereocenters. The Morgan fingerprint density at radius 1 is 1.00 bits per heavy atom. The first-order valence-corrected chi connectivity index (χ1v) is 7.59. The number of nitrogens with one attached hydrogen (secondary N) is 1. The predicted octanol–water partition coefficient (Wildman–Crippen LogP) is 5.88. The van der Waals surface area contributed by atoms with Crippen LogP contribution in [-0.4, -0.2) is 5.91 Å². The molecule has 0 saturated heterocycles. The molecule has 0 aliphatic rings. The fourth-order valence-corrected chi connectivity index (χ4v) is 2.24. The Kier molecular flexibility index (Phi) is 6.68. The molecule has 24 heavy (non-hydrogen) atoms.